The van der Waals surface area contributed by atoms with Gasteiger partial charge in [-0.3, -0.25) is 0 Å². The summed E-state index contributed by atoms with van der Waals surface area (Å²) in [6, 6.07) is 0.558. The zero-order valence-corrected chi connectivity index (χ0v) is 9.88. The Hall–Kier alpha value is -0.340. The lowest BCUT2D eigenvalue weighted by Gasteiger charge is -2.23. The minimum Gasteiger partial charge on any atom is -0.385 e. The van der Waals surface area contributed by atoms with Crippen molar-refractivity contribution < 1.29 is 4.74 Å². The van der Waals surface area contributed by atoms with E-state index in [9.17, 15) is 0 Å². The fourth-order valence-corrected chi connectivity index (χ4v) is 1.53. The number of ether oxygens (including phenoxy) is 1. The minimum atomic E-state index is 0.558. The molecule has 2 heteroatoms. The molecule has 0 aromatic carbocycles. The summed E-state index contributed by atoms with van der Waals surface area (Å²) in [5, 5.41) is 3.55. The second-order valence-electron chi connectivity index (χ2n) is 3.84. The highest BCUT2D eigenvalue weighted by Crippen LogP contribution is 2.12. The van der Waals surface area contributed by atoms with Gasteiger partial charge in [-0.2, -0.15) is 0 Å². The lowest BCUT2D eigenvalue weighted by molar-refractivity contribution is 0.170. The molecule has 0 saturated carbocycles. The summed E-state index contributed by atoms with van der Waals surface area (Å²) in [7, 11) is 1.76. The Morgan fingerprint density at radius 2 is 2.21 bits per heavy atom. The summed E-state index contributed by atoms with van der Waals surface area (Å²) >= 11 is 0. The van der Waals surface area contributed by atoms with Gasteiger partial charge < -0.3 is 10.1 Å². The maximum Gasteiger partial charge on any atom is 0.0465 e. The van der Waals surface area contributed by atoms with Crippen LogP contribution in [0, 0.1) is 5.92 Å². The van der Waals surface area contributed by atoms with Crippen molar-refractivity contribution in [3.05, 3.63) is 12.7 Å². The van der Waals surface area contributed by atoms with Crippen molar-refractivity contribution in [3.63, 3.8) is 0 Å². The van der Waals surface area contributed by atoms with E-state index in [-0.39, 0.29) is 0 Å². The van der Waals surface area contributed by atoms with Crippen molar-refractivity contribution >= 4 is 0 Å². The number of methoxy groups -OCH3 is 1. The number of nitrogens with one attached hydrogen (secondary N) is 1. The van der Waals surface area contributed by atoms with Gasteiger partial charge in [-0.25, -0.2) is 0 Å². The molecular weight excluding hydrogens is 174 g/mol. The third-order valence-corrected chi connectivity index (χ3v) is 2.54. The van der Waals surface area contributed by atoms with Gasteiger partial charge in [0.05, 0.1) is 0 Å². The molecule has 0 saturated heterocycles. The molecule has 2 unspecified atom stereocenters. The van der Waals surface area contributed by atoms with Gasteiger partial charge in [0, 0.05) is 19.8 Å². The molecule has 84 valence electrons. The fourth-order valence-electron chi connectivity index (χ4n) is 1.53. The van der Waals surface area contributed by atoms with Crippen molar-refractivity contribution in [2.24, 2.45) is 5.92 Å². The molecule has 0 heterocycles. The van der Waals surface area contributed by atoms with Gasteiger partial charge in [-0.05, 0) is 31.7 Å². The molecule has 0 amide bonds. The maximum atomic E-state index is 5.09. The Bertz CT molecular complexity index is 136. The largest absolute Gasteiger partial charge is 0.385 e. The smallest absolute Gasteiger partial charge is 0.0465 e. The van der Waals surface area contributed by atoms with Crippen LogP contribution in [0.5, 0.6) is 0 Å². The Kier molecular flexibility index (Phi) is 9.00. The second-order valence-corrected chi connectivity index (χ2v) is 3.84. The fraction of sp³-hybridized carbons (Fsp3) is 0.833. The van der Waals surface area contributed by atoms with Gasteiger partial charge in [0.1, 0.15) is 0 Å². The van der Waals surface area contributed by atoms with Crippen LogP contribution in [-0.2, 0) is 4.74 Å². The summed E-state index contributed by atoms with van der Waals surface area (Å²) in [4.78, 5) is 0. The monoisotopic (exact) mass is 199 g/mol. The molecule has 0 radical (unpaired) electrons. The first-order valence-corrected chi connectivity index (χ1v) is 5.59. The van der Waals surface area contributed by atoms with Gasteiger partial charge in [0.15, 0.2) is 0 Å². The number of hydrogen-bond acceptors (Lipinski definition) is 2. The van der Waals surface area contributed by atoms with Crippen molar-refractivity contribution in [1.82, 2.24) is 5.32 Å². The van der Waals surface area contributed by atoms with Crippen LogP contribution in [0.3, 0.4) is 0 Å². The number of rotatable bonds is 9. The molecule has 0 aromatic rings. The van der Waals surface area contributed by atoms with Crippen molar-refractivity contribution in [2.75, 3.05) is 20.3 Å². The summed E-state index contributed by atoms with van der Waals surface area (Å²) in [5.41, 5.74) is 0. The molecule has 14 heavy (non-hydrogen) atoms. The average molecular weight is 199 g/mol. The first-order valence-electron chi connectivity index (χ1n) is 5.59. The van der Waals surface area contributed by atoms with Gasteiger partial charge in [0.25, 0.3) is 0 Å². The predicted molar refractivity (Wildman–Crippen MR) is 62.6 cm³/mol. The minimum absolute atomic E-state index is 0.558. The average Bonchev–Trinajstić information content (AvgIpc) is 2.20. The van der Waals surface area contributed by atoms with E-state index in [0.717, 1.165) is 26.0 Å². The lowest BCUT2D eigenvalue weighted by Crippen LogP contribution is -2.35. The van der Waals surface area contributed by atoms with E-state index in [4.69, 9.17) is 4.74 Å². The van der Waals surface area contributed by atoms with Crippen LogP contribution in [0.25, 0.3) is 0 Å². The highest BCUT2D eigenvalue weighted by atomic mass is 16.5. The first-order chi connectivity index (χ1) is 6.76. The Morgan fingerprint density at radius 3 is 2.71 bits per heavy atom. The molecule has 0 aromatic heterocycles. The van der Waals surface area contributed by atoms with Crippen molar-refractivity contribution in [3.8, 4) is 0 Å². The van der Waals surface area contributed by atoms with Gasteiger partial charge in [-0.1, -0.05) is 19.9 Å². The summed E-state index contributed by atoms with van der Waals surface area (Å²) in [6.45, 7) is 10.2. The molecule has 0 aliphatic rings. The molecule has 0 rings (SSSR count). The molecule has 0 fully saturated rings. The van der Waals surface area contributed by atoms with E-state index in [1.165, 1.54) is 6.42 Å². The van der Waals surface area contributed by atoms with E-state index < -0.39 is 0 Å². The van der Waals surface area contributed by atoms with E-state index in [1.807, 2.05) is 6.08 Å². The van der Waals surface area contributed by atoms with E-state index in [0.29, 0.717) is 12.0 Å². The zero-order chi connectivity index (χ0) is 10.8. The SMILES string of the molecule is C=CCC(NCCC)C(C)CCOC. The topological polar surface area (TPSA) is 21.3 Å². The maximum absolute atomic E-state index is 5.09. The van der Waals surface area contributed by atoms with Crippen molar-refractivity contribution in [2.45, 2.75) is 39.2 Å². The Morgan fingerprint density at radius 1 is 1.50 bits per heavy atom. The third-order valence-electron chi connectivity index (χ3n) is 2.54. The molecule has 2 nitrogen and oxygen atoms in total. The zero-order valence-electron chi connectivity index (χ0n) is 9.88. The predicted octanol–water partition coefficient (Wildman–Crippen LogP) is 2.60. The molecular formula is C12H25NO. The van der Waals surface area contributed by atoms with Crippen LogP contribution >= 0.6 is 0 Å². The van der Waals surface area contributed by atoms with Crippen molar-refractivity contribution in [1.29, 1.82) is 0 Å². The number of hydrogen-bond donors (Lipinski definition) is 1. The molecule has 1 N–H and O–H groups in total. The highest BCUT2D eigenvalue weighted by Gasteiger charge is 2.14. The second kappa shape index (κ2) is 9.22. The van der Waals surface area contributed by atoms with Gasteiger partial charge >= 0.3 is 0 Å². The Labute approximate surface area is 88.7 Å². The molecule has 0 spiro atoms. The van der Waals surface area contributed by atoms with Crippen LogP contribution in [0.1, 0.15) is 33.1 Å². The van der Waals surface area contributed by atoms with Crippen LogP contribution in [-0.4, -0.2) is 26.3 Å². The van der Waals surface area contributed by atoms with E-state index in [1.54, 1.807) is 7.11 Å². The lowest BCUT2D eigenvalue weighted by atomic mass is 9.96. The highest BCUT2D eigenvalue weighted by molar-refractivity contribution is 4.81. The van der Waals surface area contributed by atoms with Gasteiger partial charge in [0.2, 0.25) is 0 Å². The normalized spacial score (nSPS) is 15.1. The Balaban J connectivity index is 3.83. The van der Waals surface area contributed by atoms with Crippen LogP contribution in [0.4, 0.5) is 0 Å². The van der Waals surface area contributed by atoms with E-state index >= 15 is 0 Å². The van der Waals surface area contributed by atoms with Crippen LogP contribution < -0.4 is 5.32 Å². The summed E-state index contributed by atoms with van der Waals surface area (Å²) < 4.78 is 5.09. The quantitative estimate of drug-likeness (QED) is 0.576. The van der Waals surface area contributed by atoms with Crippen LogP contribution in [0.15, 0.2) is 12.7 Å². The molecule has 0 bridgehead atoms. The summed E-state index contributed by atoms with van der Waals surface area (Å²) in [5.74, 6) is 0.652. The molecule has 2 atom stereocenters. The first kappa shape index (κ1) is 13.7. The molecule has 0 aliphatic heterocycles. The molecule has 0 aliphatic carbocycles. The third kappa shape index (κ3) is 6.17. The van der Waals surface area contributed by atoms with Gasteiger partial charge in [-0.15, -0.1) is 6.58 Å². The van der Waals surface area contributed by atoms with Crippen LogP contribution in [0.2, 0.25) is 0 Å². The standard InChI is InChI=1S/C12H25NO/c1-5-7-12(13-9-6-2)11(3)8-10-14-4/h5,11-13H,1,6-10H2,2-4H3. The van der Waals surface area contributed by atoms with E-state index in [2.05, 4.69) is 25.7 Å². The summed E-state index contributed by atoms with van der Waals surface area (Å²) in [6.07, 6.45) is 5.35.